The first-order chi connectivity index (χ1) is 8.63. The van der Waals surface area contributed by atoms with Crippen molar-refractivity contribution in [1.82, 2.24) is 9.80 Å². The Labute approximate surface area is 107 Å². The van der Waals surface area contributed by atoms with Crippen molar-refractivity contribution in [2.24, 2.45) is 0 Å². The summed E-state index contributed by atoms with van der Waals surface area (Å²) in [6.45, 7) is 3.24. The Hall–Kier alpha value is -1.75. The molecule has 0 spiro atoms. The van der Waals surface area contributed by atoms with E-state index in [0.717, 1.165) is 26.2 Å². The van der Waals surface area contributed by atoms with Gasteiger partial charge in [0, 0.05) is 31.9 Å². The van der Waals surface area contributed by atoms with Gasteiger partial charge < -0.3 is 20.3 Å². The summed E-state index contributed by atoms with van der Waals surface area (Å²) in [5, 5.41) is 0. The molecule has 0 unspecified atom stereocenters. The van der Waals surface area contributed by atoms with Crippen LogP contribution in [0, 0.1) is 0 Å². The van der Waals surface area contributed by atoms with E-state index in [2.05, 4.69) is 11.9 Å². The quantitative estimate of drug-likeness (QED) is 0.782. The molecule has 0 aromatic heterocycles. The molecule has 0 bridgehead atoms. The molecule has 1 aromatic carbocycles. The molecule has 0 atom stereocenters. The molecule has 0 radical (unpaired) electrons. The summed E-state index contributed by atoms with van der Waals surface area (Å²) in [5.74, 6) is 0.497. The first-order valence-electron chi connectivity index (χ1n) is 6.03. The van der Waals surface area contributed by atoms with Crippen molar-refractivity contribution < 1.29 is 9.53 Å². The van der Waals surface area contributed by atoms with Crippen LogP contribution in [-0.2, 0) is 0 Å². The molecule has 2 rings (SSSR count). The Kier molecular flexibility index (Phi) is 3.72. The van der Waals surface area contributed by atoms with Gasteiger partial charge in [-0.3, -0.25) is 4.79 Å². The first-order valence-corrected chi connectivity index (χ1v) is 6.03. The SMILES string of the molecule is COc1cccc(N)c1C(=O)N1CCN(C)CC1. The lowest BCUT2D eigenvalue weighted by Crippen LogP contribution is -2.47. The van der Waals surface area contributed by atoms with Gasteiger partial charge in [-0.15, -0.1) is 0 Å². The Morgan fingerprint density at radius 1 is 1.28 bits per heavy atom. The molecule has 0 aliphatic carbocycles. The van der Waals surface area contributed by atoms with Gasteiger partial charge in [-0.2, -0.15) is 0 Å². The maximum absolute atomic E-state index is 12.5. The fourth-order valence-corrected chi connectivity index (χ4v) is 2.11. The summed E-state index contributed by atoms with van der Waals surface area (Å²) < 4.78 is 5.22. The fraction of sp³-hybridized carbons (Fsp3) is 0.462. The lowest BCUT2D eigenvalue weighted by atomic mass is 10.1. The van der Waals surface area contributed by atoms with Crippen LogP contribution < -0.4 is 10.5 Å². The topological polar surface area (TPSA) is 58.8 Å². The molecule has 1 aromatic rings. The maximum atomic E-state index is 12.5. The number of nitrogen functional groups attached to an aromatic ring is 1. The molecule has 1 aliphatic heterocycles. The third-order valence-corrected chi connectivity index (χ3v) is 3.28. The van der Waals surface area contributed by atoms with Crippen LogP contribution in [0.1, 0.15) is 10.4 Å². The van der Waals surface area contributed by atoms with Gasteiger partial charge in [0.2, 0.25) is 0 Å². The van der Waals surface area contributed by atoms with E-state index < -0.39 is 0 Å². The van der Waals surface area contributed by atoms with Gasteiger partial charge in [-0.25, -0.2) is 0 Å². The second-order valence-corrected chi connectivity index (χ2v) is 4.52. The standard InChI is InChI=1S/C13H19N3O2/c1-15-6-8-16(9-7-15)13(17)12-10(14)4-3-5-11(12)18-2/h3-5H,6-9,14H2,1-2H3. The zero-order valence-corrected chi connectivity index (χ0v) is 10.8. The predicted octanol–water partition coefficient (Wildman–Crippen LogP) is 0.665. The third kappa shape index (κ3) is 2.41. The van der Waals surface area contributed by atoms with E-state index in [0.29, 0.717) is 17.0 Å². The van der Waals surface area contributed by atoms with E-state index in [-0.39, 0.29) is 5.91 Å². The largest absolute Gasteiger partial charge is 0.496 e. The Morgan fingerprint density at radius 2 is 1.94 bits per heavy atom. The fourth-order valence-electron chi connectivity index (χ4n) is 2.11. The molecule has 1 amide bonds. The number of nitrogens with zero attached hydrogens (tertiary/aromatic N) is 2. The zero-order chi connectivity index (χ0) is 13.1. The van der Waals surface area contributed by atoms with E-state index in [9.17, 15) is 4.79 Å². The van der Waals surface area contributed by atoms with Crippen LogP contribution in [0.3, 0.4) is 0 Å². The van der Waals surface area contributed by atoms with Crippen LogP contribution >= 0.6 is 0 Å². The van der Waals surface area contributed by atoms with Crippen molar-refractivity contribution in [3.63, 3.8) is 0 Å². The van der Waals surface area contributed by atoms with Crippen molar-refractivity contribution in [2.75, 3.05) is 46.1 Å². The lowest BCUT2D eigenvalue weighted by molar-refractivity contribution is 0.0662. The van der Waals surface area contributed by atoms with Crippen LogP contribution in [-0.4, -0.2) is 56.0 Å². The van der Waals surface area contributed by atoms with E-state index in [4.69, 9.17) is 10.5 Å². The highest BCUT2D eigenvalue weighted by molar-refractivity contribution is 6.01. The molecule has 5 nitrogen and oxygen atoms in total. The van der Waals surface area contributed by atoms with Gasteiger partial charge in [0.05, 0.1) is 7.11 Å². The van der Waals surface area contributed by atoms with E-state index >= 15 is 0 Å². The summed E-state index contributed by atoms with van der Waals surface area (Å²) in [4.78, 5) is 16.5. The highest BCUT2D eigenvalue weighted by Crippen LogP contribution is 2.26. The number of hydrogen-bond acceptors (Lipinski definition) is 4. The minimum absolute atomic E-state index is 0.0435. The average molecular weight is 249 g/mol. The molecule has 98 valence electrons. The highest BCUT2D eigenvalue weighted by Gasteiger charge is 2.24. The van der Waals surface area contributed by atoms with Gasteiger partial charge in [0.25, 0.3) is 5.91 Å². The molecule has 5 heteroatoms. The van der Waals surface area contributed by atoms with Gasteiger partial charge in [-0.05, 0) is 19.2 Å². The van der Waals surface area contributed by atoms with E-state index in [1.165, 1.54) is 0 Å². The molecule has 1 fully saturated rings. The second kappa shape index (κ2) is 5.27. The van der Waals surface area contributed by atoms with Gasteiger partial charge in [-0.1, -0.05) is 6.07 Å². The molecule has 2 N–H and O–H groups in total. The van der Waals surface area contributed by atoms with Crippen molar-refractivity contribution in [1.29, 1.82) is 0 Å². The minimum atomic E-state index is -0.0435. The van der Waals surface area contributed by atoms with Crippen LogP contribution in [0.5, 0.6) is 5.75 Å². The van der Waals surface area contributed by atoms with E-state index in [1.54, 1.807) is 25.3 Å². The lowest BCUT2D eigenvalue weighted by Gasteiger charge is -2.32. The number of piperazine rings is 1. The number of anilines is 1. The summed E-state index contributed by atoms with van der Waals surface area (Å²) in [5.41, 5.74) is 6.84. The van der Waals surface area contributed by atoms with Gasteiger partial charge >= 0.3 is 0 Å². The number of benzene rings is 1. The number of likely N-dealkylation sites (N-methyl/N-ethyl adjacent to an activating group) is 1. The van der Waals surface area contributed by atoms with Crippen LogP contribution in [0.15, 0.2) is 18.2 Å². The van der Waals surface area contributed by atoms with Crippen molar-refractivity contribution in [2.45, 2.75) is 0 Å². The summed E-state index contributed by atoms with van der Waals surface area (Å²) in [6, 6.07) is 5.28. The number of amides is 1. The molecule has 18 heavy (non-hydrogen) atoms. The van der Waals surface area contributed by atoms with Crippen LogP contribution in [0.25, 0.3) is 0 Å². The number of carbonyl (C=O) groups is 1. The Morgan fingerprint density at radius 3 is 2.56 bits per heavy atom. The highest BCUT2D eigenvalue weighted by atomic mass is 16.5. The number of methoxy groups -OCH3 is 1. The molecule has 1 heterocycles. The van der Waals surface area contributed by atoms with Crippen LogP contribution in [0.4, 0.5) is 5.69 Å². The monoisotopic (exact) mass is 249 g/mol. The van der Waals surface area contributed by atoms with Gasteiger partial charge in [0.15, 0.2) is 0 Å². The molecular weight excluding hydrogens is 230 g/mol. The van der Waals surface area contributed by atoms with E-state index in [1.807, 2.05) is 4.90 Å². The molecule has 1 saturated heterocycles. The number of carbonyl (C=O) groups excluding carboxylic acids is 1. The Balaban J connectivity index is 2.23. The minimum Gasteiger partial charge on any atom is -0.496 e. The average Bonchev–Trinajstić information content (AvgIpc) is 2.38. The second-order valence-electron chi connectivity index (χ2n) is 4.52. The number of nitrogens with two attached hydrogens (primary N) is 1. The molecular formula is C13H19N3O2. The summed E-state index contributed by atoms with van der Waals surface area (Å²) in [7, 11) is 3.61. The van der Waals surface area contributed by atoms with Crippen molar-refractivity contribution in [3.8, 4) is 5.75 Å². The third-order valence-electron chi connectivity index (χ3n) is 3.28. The number of ether oxygens (including phenoxy) is 1. The number of rotatable bonds is 2. The molecule has 1 aliphatic rings. The Bertz CT molecular complexity index is 440. The number of hydrogen-bond donors (Lipinski definition) is 1. The van der Waals surface area contributed by atoms with Gasteiger partial charge in [0.1, 0.15) is 11.3 Å². The molecule has 0 saturated carbocycles. The first kappa shape index (κ1) is 12.7. The van der Waals surface area contributed by atoms with Crippen LogP contribution in [0.2, 0.25) is 0 Å². The predicted molar refractivity (Wildman–Crippen MR) is 70.8 cm³/mol. The van der Waals surface area contributed by atoms with Crippen molar-refractivity contribution in [3.05, 3.63) is 23.8 Å². The summed E-state index contributed by atoms with van der Waals surface area (Å²) >= 11 is 0. The smallest absolute Gasteiger partial charge is 0.259 e. The van der Waals surface area contributed by atoms with Crippen molar-refractivity contribution >= 4 is 11.6 Å². The summed E-state index contributed by atoms with van der Waals surface area (Å²) in [6.07, 6.45) is 0. The zero-order valence-electron chi connectivity index (χ0n) is 10.8. The maximum Gasteiger partial charge on any atom is 0.259 e. The normalized spacial score (nSPS) is 16.7.